The Balaban J connectivity index is 1.67. The van der Waals surface area contributed by atoms with Crippen molar-refractivity contribution in [3.63, 3.8) is 0 Å². The zero-order chi connectivity index (χ0) is 17.1. The molecule has 1 aliphatic rings. The van der Waals surface area contributed by atoms with Crippen LogP contribution in [0.4, 0.5) is 11.4 Å². The van der Waals surface area contributed by atoms with E-state index >= 15 is 0 Å². The van der Waals surface area contributed by atoms with Crippen LogP contribution in [0.3, 0.4) is 0 Å². The Morgan fingerprint density at radius 3 is 2.67 bits per heavy atom. The molecule has 7 heteroatoms. The van der Waals surface area contributed by atoms with Crippen LogP contribution in [0, 0.1) is 0 Å². The maximum absolute atomic E-state index is 12.3. The van der Waals surface area contributed by atoms with Gasteiger partial charge in [-0.3, -0.25) is 4.79 Å². The first-order valence-electron chi connectivity index (χ1n) is 7.45. The summed E-state index contributed by atoms with van der Waals surface area (Å²) in [6, 6.07) is 10.1. The van der Waals surface area contributed by atoms with Gasteiger partial charge in [0.2, 0.25) is 5.91 Å². The van der Waals surface area contributed by atoms with E-state index in [9.17, 15) is 4.79 Å². The molecule has 1 amide bonds. The van der Waals surface area contributed by atoms with Gasteiger partial charge >= 0.3 is 0 Å². The predicted molar refractivity (Wildman–Crippen MR) is 95.6 cm³/mol. The Hall–Kier alpha value is -2.11. The van der Waals surface area contributed by atoms with E-state index < -0.39 is 6.04 Å². The molecule has 24 heavy (non-hydrogen) atoms. The molecule has 3 rings (SSSR count). The molecule has 0 bridgehead atoms. The standard InChI is InChI=1S/C17H16Cl2N2O3/c1-10(17(22)21-13-4-2-3-12(18)16(13)19)20-11-5-6-14-15(9-11)24-8-7-23-14/h2-6,9-10,20H,7-8H2,1H3,(H,21,22). The zero-order valence-corrected chi connectivity index (χ0v) is 14.4. The number of rotatable bonds is 4. The fourth-order valence-corrected chi connectivity index (χ4v) is 2.64. The highest BCUT2D eigenvalue weighted by atomic mass is 35.5. The second-order valence-corrected chi connectivity index (χ2v) is 6.10. The number of anilines is 2. The van der Waals surface area contributed by atoms with Gasteiger partial charge in [0, 0.05) is 11.8 Å². The van der Waals surface area contributed by atoms with E-state index in [4.69, 9.17) is 32.7 Å². The molecular weight excluding hydrogens is 351 g/mol. The van der Waals surface area contributed by atoms with Gasteiger partial charge in [0.05, 0.1) is 15.7 Å². The number of carbonyl (C=O) groups is 1. The quantitative estimate of drug-likeness (QED) is 0.850. The molecule has 126 valence electrons. The molecule has 0 fully saturated rings. The minimum Gasteiger partial charge on any atom is -0.486 e. The van der Waals surface area contributed by atoms with Crippen molar-refractivity contribution in [2.45, 2.75) is 13.0 Å². The first-order valence-corrected chi connectivity index (χ1v) is 8.21. The minimum absolute atomic E-state index is 0.228. The van der Waals surface area contributed by atoms with Gasteiger partial charge in [-0.15, -0.1) is 0 Å². The Morgan fingerprint density at radius 2 is 1.88 bits per heavy atom. The molecule has 0 radical (unpaired) electrons. The fraction of sp³-hybridized carbons (Fsp3) is 0.235. The third-order valence-electron chi connectivity index (χ3n) is 3.53. The van der Waals surface area contributed by atoms with Gasteiger partial charge in [-0.25, -0.2) is 0 Å². The molecule has 2 aromatic carbocycles. The fourth-order valence-electron chi connectivity index (χ4n) is 2.29. The number of hydrogen-bond acceptors (Lipinski definition) is 4. The second kappa shape index (κ2) is 7.20. The van der Waals surface area contributed by atoms with Crippen molar-refractivity contribution in [3.05, 3.63) is 46.4 Å². The SMILES string of the molecule is CC(Nc1ccc2c(c1)OCCO2)C(=O)Nc1cccc(Cl)c1Cl. The summed E-state index contributed by atoms with van der Waals surface area (Å²) < 4.78 is 11.0. The Bertz CT molecular complexity index is 767. The van der Waals surface area contributed by atoms with Crippen molar-refractivity contribution in [3.8, 4) is 11.5 Å². The van der Waals surface area contributed by atoms with Gasteiger partial charge in [0.25, 0.3) is 0 Å². The summed E-state index contributed by atoms with van der Waals surface area (Å²) >= 11 is 12.0. The van der Waals surface area contributed by atoms with Crippen molar-refractivity contribution in [1.82, 2.24) is 0 Å². The lowest BCUT2D eigenvalue weighted by Gasteiger charge is -2.21. The molecule has 1 atom stereocenters. The highest BCUT2D eigenvalue weighted by Crippen LogP contribution is 2.33. The average molecular weight is 367 g/mol. The molecule has 2 aromatic rings. The van der Waals surface area contributed by atoms with Crippen LogP contribution in [-0.2, 0) is 4.79 Å². The minimum atomic E-state index is -0.484. The highest BCUT2D eigenvalue weighted by Gasteiger charge is 2.17. The summed E-state index contributed by atoms with van der Waals surface area (Å²) in [4.78, 5) is 12.3. The van der Waals surface area contributed by atoms with Gasteiger partial charge in [0.15, 0.2) is 11.5 Å². The van der Waals surface area contributed by atoms with Crippen molar-refractivity contribution >= 4 is 40.5 Å². The molecule has 0 aromatic heterocycles. The number of fused-ring (bicyclic) bond motifs is 1. The molecule has 2 N–H and O–H groups in total. The van der Waals surface area contributed by atoms with Crippen LogP contribution < -0.4 is 20.1 Å². The third-order valence-corrected chi connectivity index (χ3v) is 4.35. The lowest BCUT2D eigenvalue weighted by Crippen LogP contribution is -2.32. The molecule has 0 saturated carbocycles. The van der Waals surface area contributed by atoms with E-state index in [1.165, 1.54) is 0 Å². The van der Waals surface area contributed by atoms with Gasteiger partial charge in [-0.1, -0.05) is 29.3 Å². The van der Waals surface area contributed by atoms with Crippen LogP contribution >= 0.6 is 23.2 Å². The second-order valence-electron chi connectivity index (χ2n) is 5.32. The van der Waals surface area contributed by atoms with Crippen LogP contribution in [0.5, 0.6) is 11.5 Å². The molecule has 0 saturated heterocycles. The number of ether oxygens (including phenoxy) is 2. The number of nitrogens with one attached hydrogen (secondary N) is 2. The lowest BCUT2D eigenvalue weighted by molar-refractivity contribution is -0.116. The monoisotopic (exact) mass is 366 g/mol. The van der Waals surface area contributed by atoms with Crippen LogP contribution in [0.15, 0.2) is 36.4 Å². The third kappa shape index (κ3) is 3.68. The summed E-state index contributed by atoms with van der Waals surface area (Å²) in [5, 5.41) is 6.59. The van der Waals surface area contributed by atoms with Crippen LogP contribution in [0.1, 0.15) is 6.92 Å². The molecule has 1 aliphatic heterocycles. The Kier molecular flexibility index (Phi) is 5.02. The summed E-state index contributed by atoms with van der Waals surface area (Å²) in [6.45, 7) is 2.81. The number of benzene rings is 2. The van der Waals surface area contributed by atoms with E-state index in [0.29, 0.717) is 40.4 Å². The summed E-state index contributed by atoms with van der Waals surface area (Å²) in [7, 11) is 0. The first kappa shape index (κ1) is 16.7. The maximum Gasteiger partial charge on any atom is 0.246 e. The largest absolute Gasteiger partial charge is 0.486 e. The summed E-state index contributed by atoms with van der Waals surface area (Å²) in [5.41, 5.74) is 1.24. The maximum atomic E-state index is 12.3. The number of carbonyl (C=O) groups excluding carboxylic acids is 1. The molecule has 0 spiro atoms. The summed E-state index contributed by atoms with van der Waals surface area (Å²) in [6.07, 6.45) is 0. The molecule has 0 aliphatic carbocycles. The van der Waals surface area contributed by atoms with Crippen molar-refractivity contribution in [2.24, 2.45) is 0 Å². The first-order chi connectivity index (χ1) is 11.5. The number of hydrogen-bond donors (Lipinski definition) is 2. The van der Waals surface area contributed by atoms with E-state index in [1.807, 2.05) is 18.2 Å². The normalized spacial score (nSPS) is 14.0. The Labute approximate surface area is 149 Å². The number of amides is 1. The molecule has 1 heterocycles. The molecule has 5 nitrogen and oxygen atoms in total. The predicted octanol–water partition coefficient (Wildman–Crippen LogP) is 4.20. The lowest BCUT2D eigenvalue weighted by atomic mass is 10.2. The van der Waals surface area contributed by atoms with E-state index in [2.05, 4.69) is 10.6 Å². The topological polar surface area (TPSA) is 59.6 Å². The van der Waals surface area contributed by atoms with Gasteiger partial charge in [-0.2, -0.15) is 0 Å². The number of halogens is 2. The van der Waals surface area contributed by atoms with E-state index in [0.717, 1.165) is 5.69 Å². The Morgan fingerprint density at radius 1 is 1.12 bits per heavy atom. The van der Waals surface area contributed by atoms with Crippen molar-refractivity contribution < 1.29 is 14.3 Å². The van der Waals surface area contributed by atoms with Crippen molar-refractivity contribution in [2.75, 3.05) is 23.8 Å². The van der Waals surface area contributed by atoms with E-state index in [1.54, 1.807) is 25.1 Å². The highest BCUT2D eigenvalue weighted by molar-refractivity contribution is 6.44. The smallest absolute Gasteiger partial charge is 0.246 e. The van der Waals surface area contributed by atoms with Crippen LogP contribution in [0.25, 0.3) is 0 Å². The van der Waals surface area contributed by atoms with Gasteiger partial charge in [-0.05, 0) is 31.2 Å². The van der Waals surface area contributed by atoms with Crippen LogP contribution in [-0.4, -0.2) is 25.2 Å². The van der Waals surface area contributed by atoms with Crippen molar-refractivity contribution in [1.29, 1.82) is 0 Å². The molecule has 1 unspecified atom stereocenters. The van der Waals surface area contributed by atoms with Gasteiger partial charge in [0.1, 0.15) is 19.3 Å². The zero-order valence-electron chi connectivity index (χ0n) is 12.9. The summed E-state index contributed by atoms with van der Waals surface area (Å²) in [5.74, 6) is 1.14. The molecular formula is C17H16Cl2N2O3. The van der Waals surface area contributed by atoms with E-state index in [-0.39, 0.29) is 5.91 Å². The average Bonchev–Trinajstić information content (AvgIpc) is 2.58. The van der Waals surface area contributed by atoms with Gasteiger partial charge < -0.3 is 20.1 Å². The van der Waals surface area contributed by atoms with Crippen LogP contribution in [0.2, 0.25) is 10.0 Å².